The summed E-state index contributed by atoms with van der Waals surface area (Å²) in [7, 11) is 0. The lowest BCUT2D eigenvalue weighted by atomic mass is 9.92. The Kier molecular flexibility index (Phi) is 3.67. The molecule has 0 aromatic heterocycles. The molecule has 1 heterocycles. The van der Waals surface area contributed by atoms with Crippen LogP contribution in [0.3, 0.4) is 0 Å². The van der Waals surface area contributed by atoms with Crippen LogP contribution in [0.2, 0.25) is 10.0 Å². The summed E-state index contributed by atoms with van der Waals surface area (Å²) in [6.07, 6.45) is 5.24. The molecule has 2 aliphatic rings. The van der Waals surface area contributed by atoms with E-state index in [4.69, 9.17) is 23.2 Å². The normalized spacial score (nSPS) is 26.1. The van der Waals surface area contributed by atoms with Crippen molar-refractivity contribution in [3.8, 4) is 0 Å². The Bertz CT molecular complexity index is 449. The Labute approximate surface area is 125 Å². The van der Waals surface area contributed by atoms with Crippen LogP contribution < -0.4 is 10.2 Å². The maximum Gasteiger partial charge on any atom is 0.0441 e. The molecule has 1 unspecified atom stereocenters. The Morgan fingerprint density at radius 1 is 1.16 bits per heavy atom. The number of rotatable bonds is 1. The predicted octanol–water partition coefficient (Wildman–Crippen LogP) is 4.10. The van der Waals surface area contributed by atoms with Crippen LogP contribution in [0.25, 0.3) is 0 Å². The summed E-state index contributed by atoms with van der Waals surface area (Å²) in [5, 5.41) is 5.20. The van der Waals surface area contributed by atoms with E-state index in [1.807, 2.05) is 12.1 Å². The summed E-state index contributed by atoms with van der Waals surface area (Å²) in [4.78, 5) is 2.46. The molecule has 1 atom stereocenters. The van der Waals surface area contributed by atoms with Crippen molar-refractivity contribution in [3.63, 3.8) is 0 Å². The number of halogens is 2. The zero-order valence-corrected chi connectivity index (χ0v) is 12.8. The molecule has 0 bridgehead atoms. The van der Waals surface area contributed by atoms with Gasteiger partial charge in [0.1, 0.15) is 0 Å². The van der Waals surface area contributed by atoms with Gasteiger partial charge < -0.3 is 10.2 Å². The number of piperazine rings is 1. The summed E-state index contributed by atoms with van der Waals surface area (Å²) < 4.78 is 0. The Balaban J connectivity index is 1.88. The second kappa shape index (κ2) is 5.16. The lowest BCUT2D eigenvalue weighted by molar-refractivity contribution is 0.276. The first-order valence-corrected chi connectivity index (χ1v) is 7.81. The molecule has 1 aliphatic heterocycles. The molecule has 0 radical (unpaired) electrons. The van der Waals surface area contributed by atoms with E-state index in [0.717, 1.165) is 18.8 Å². The number of nitrogens with zero attached hydrogens (tertiary/aromatic N) is 1. The third kappa shape index (κ3) is 2.72. The fraction of sp³-hybridized carbons (Fsp3) is 0.600. The van der Waals surface area contributed by atoms with Crippen molar-refractivity contribution >= 4 is 28.9 Å². The van der Waals surface area contributed by atoms with Crippen molar-refractivity contribution in [1.82, 2.24) is 5.32 Å². The SMILES string of the molecule is CC1CNC2(CCCC2)CN1c1cc(Cl)cc(Cl)c1. The van der Waals surface area contributed by atoms with Crippen LogP contribution >= 0.6 is 23.2 Å². The fourth-order valence-corrected chi connectivity index (χ4v) is 3.96. The fourth-order valence-electron chi connectivity index (χ4n) is 3.45. The van der Waals surface area contributed by atoms with Crippen molar-refractivity contribution in [3.05, 3.63) is 28.2 Å². The molecule has 1 saturated carbocycles. The lowest BCUT2D eigenvalue weighted by Gasteiger charge is -2.46. The highest BCUT2D eigenvalue weighted by Crippen LogP contribution is 2.36. The van der Waals surface area contributed by atoms with Gasteiger partial charge in [0.15, 0.2) is 0 Å². The van der Waals surface area contributed by atoms with Gasteiger partial charge in [-0.15, -0.1) is 0 Å². The van der Waals surface area contributed by atoms with E-state index < -0.39 is 0 Å². The smallest absolute Gasteiger partial charge is 0.0441 e. The van der Waals surface area contributed by atoms with E-state index in [1.54, 1.807) is 6.07 Å². The summed E-state index contributed by atoms with van der Waals surface area (Å²) in [5.74, 6) is 0. The van der Waals surface area contributed by atoms with E-state index in [9.17, 15) is 0 Å². The molecule has 1 aliphatic carbocycles. The minimum Gasteiger partial charge on any atom is -0.366 e. The number of anilines is 1. The maximum absolute atomic E-state index is 6.14. The number of hydrogen-bond donors (Lipinski definition) is 1. The van der Waals surface area contributed by atoms with E-state index >= 15 is 0 Å². The highest BCUT2D eigenvalue weighted by atomic mass is 35.5. The van der Waals surface area contributed by atoms with Crippen LogP contribution in [0.4, 0.5) is 5.69 Å². The molecule has 1 aromatic carbocycles. The minimum atomic E-state index is 0.307. The first-order chi connectivity index (χ1) is 9.08. The molecule has 19 heavy (non-hydrogen) atoms. The maximum atomic E-state index is 6.14. The first-order valence-electron chi connectivity index (χ1n) is 7.06. The number of hydrogen-bond acceptors (Lipinski definition) is 2. The molecule has 1 aromatic rings. The summed E-state index contributed by atoms with van der Waals surface area (Å²) in [6.45, 7) is 4.35. The van der Waals surface area contributed by atoms with Gasteiger partial charge in [-0.2, -0.15) is 0 Å². The van der Waals surface area contributed by atoms with Crippen LogP contribution in [-0.2, 0) is 0 Å². The van der Waals surface area contributed by atoms with E-state index in [0.29, 0.717) is 21.6 Å². The minimum absolute atomic E-state index is 0.307. The standard InChI is InChI=1S/C15H20Cl2N2/c1-11-9-18-15(4-2-3-5-15)10-19(11)14-7-12(16)6-13(17)8-14/h6-8,11,18H,2-5,9-10H2,1H3. The topological polar surface area (TPSA) is 15.3 Å². The Morgan fingerprint density at radius 2 is 1.79 bits per heavy atom. The van der Waals surface area contributed by atoms with Crippen LogP contribution in [0.15, 0.2) is 18.2 Å². The molecular formula is C15H20Cl2N2. The van der Waals surface area contributed by atoms with E-state index in [2.05, 4.69) is 17.1 Å². The molecule has 4 heteroatoms. The first kappa shape index (κ1) is 13.5. The third-order valence-electron chi connectivity index (χ3n) is 4.52. The average molecular weight is 299 g/mol. The van der Waals surface area contributed by atoms with Crippen molar-refractivity contribution in [2.24, 2.45) is 0 Å². The zero-order chi connectivity index (χ0) is 13.5. The van der Waals surface area contributed by atoms with Crippen molar-refractivity contribution in [1.29, 1.82) is 0 Å². The molecule has 1 N–H and O–H groups in total. The predicted molar refractivity (Wildman–Crippen MR) is 82.5 cm³/mol. The summed E-state index contributed by atoms with van der Waals surface area (Å²) >= 11 is 12.3. The quantitative estimate of drug-likeness (QED) is 0.839. The summed E-state index contributed by atoms with van der Waals surface area (Å²) in [5.41, 5.74) is 1.46. The van der Waals surface area contributed by atoms with Gasteiger partial charge in [-0.3, -0.25) is 0 Å². The van der Waals surface area contributed by atoms with Gasteiger partial charge in [-0.1, -0.05) is 36.0 Å². The van der Waals surface area contributed by atoms with Crippen LogP contribution in [0.1, 0.15) is 32.6 Å². The highest BCUT2D eigenvalue weighted by Gasteiger charge is 2.40. The van der Waals surface area contributed by atoms with Crippen LogP contribution in [0.5, 0.6) is 0 Å². The molecule has 1 spiro atoms. The van der Waals surface area contributed by atoms with Crippen LogP contribution in [0, 0.1) is 0 Å². The number of nitrogens with one attached hydrogen (secondary N) is 1. The van der Waals surface area contributed by atoms with E-state index in [1.165, 1.54) is 25.7 Å². The molecule has 3 rings (SSSR count). The van der Waals surface area contributed by atoms with Crippen molar-refractivity contribution < 1.29 is 0 Å². The molecule has 2 fully saturated rings. The van der Waals surface area contributed by atoms with Crippen molar-refractivity contribution in [2.75, 3.05) is 18.0 Å². The summed E-state index contributed by atoms with van der Waals surface area (Å²) in [6, 6.07) is 6.32. The molecule has 104 valence electrons. The second-order valence-corrected chi connectivity index (χ2v) is 6.85. The van der Waals surface area contributed by atoms with E-state index in [-0.39, 0.29) is 0 Å². The van der Waals surface area contributed by atoms with Gasteiger partial charge in [0.25, 0.3) is 0 Å². The van der Waals surface area contributed by atoms with Crippen molar-refractivity contribution in [2.45, 2.75) is 44.2 Å². The zero-order valence-electron chi connectivity index (χ0n) is 11.3. The van der Waals surface area contributed by atoms with Crippen LogP contribution in [-0.4, -0.2) is 24.7 Å². The largest absolute Gasteiger partial charge is 0.366 e. The van der Waals surface area contributed by atoms with Gasteiger partial charge >= 0.3 is 0 Å². The van der Waals surface area contributed by atoms with Gasteiger partial charge in [0.05, 0.1) is 0 Å². The molecule has 2 nitrogen and oxygen atoms in total. The highest BCUT2D eigenvalue weighted by molar-refractivity contribution is 6.35. The molecule has 0 amide bonds. The Hall–Kier alpha value is -0.440. The molecular weight excluding hydrogens is 279 g/mol. The third-order valence-corrected chi connectivity index (χ3v) is 4.95. The lowest BCUT2D eigenvalue weighted by Crippen LogP contribution is -2.62. The Morgan fingerprint density at radius 3 is 2.42 bits per heavy atom. The number of benzene rings is 1. The van der Waals surface area contributed by atoms with Gasteiger partial charge in [0, 0.05) is 40.4 Å². The van der Waals surface area contributed by atoms with Gasteiger partial charge in [-0.05, 0) is 38.0 Å². The molecule has 1 saturated heterocycles. The second-order valence-electron chi connectivity index (χ2n) is 5.97. The average Bonchev–Trinajstić information content (AvgIpc) is 2.80. The van der Waals surface area contributed by atoms with Gasteiger partial charge in [-0.25, -0.2) is 0 Å². The monoisotopic (exact) mass is 298 g/mol. The van der Waals surface area contributed by atoms with Gasteiger partial charge in [0.2, 0.25) is 0 Å².